The molecule has 2 aromatic rings. The average Bonchev–Trinajstić information content (AvgIpc) is 3.13. The van der Waals surface area contributed by atoms with E-state index in [9.17, 15) is 9.59 Å². The lowest BCUT2D eigenvalue weighted by Gasteiger charge is -2.24. The topological polar surface area (TPSA) is 58.6 Å². The Labute approximate surface area is 161 Å². The number of methoxy groups -OCH3 is 1. The molecule has 0 radical (unpaired) electrons. The summed E-state index contributed by atoms with van der Waals surface area (Å²) in [4.78, 5) is 27.1. The first kappa shape index (κ1) is 18.5. The molecule has 136 valence electrons. The Balaban J connectivity index is 1.75. The predicted molar refractivity (Wildman–Crippen MR) is 102 cm³/mol. The maximum absolute atomic E-state index is 12.8. The van der Waals surface area contributed by atoms with Gasteiger partial charge in [-0.1, -0.05) is 29.3 Å². The Morgan fingerprint density at radius 2 is 1.96 bits per heavy atom. The van der Waals surface area contributed by atoms with Crippen LogP contribution in [-0.2, 0) is 4.79 Å². The molecule has 7 heteroatoms. The zero-order chi connectivity index (χ0) is 18.7. The van der Waals surface area contributed by atoms with Crippen molar-refractivity contribution in [3.8, 4) is 5.75 Å². The van der Waals surface area contributed by atoms with Gasteiger partial charge in [-0.25, -0.2) is 0 Å². The summed E-state index contributed by atoms with van der Waals surface area (Å²) in [6, 6.07) is 11.3. The van der Waals surface area contributed by atoms with Gasteiger partial charge in [0.05, 0.1) is 17.2 Å². The molecule has 2 aromatic carbocycles. The van der Waals surface area contributed by atoms with Crippen LogP contribution in [0.25, 0.3) is 0 Å². The molecular weight excluding hydrogens is 375 g/mol. The van der Waals surface area contributed by atoms with E-state index >= 15 is 0 Å². The third-order valence-electron chi connectivity index (χ3n) is 4.32. The van der Waals surface area contributed by atoms with E-state index in [1.807, 2.05) is 0 Å². The van der Waals surface area contributed by atoms with Gasteiger partial charge in [0.15, 0.2) is 0 Å². The Kier molecular flexibility index (Phi) is 5.69. The second kappa shape index (κ2) is 7.98. The number of nitrogens with one attached hydrogen (secondary N) is 1. The van der Waals surface area contributed by atoms with Crippen molar-refractivity contribution in [2.75, 3.05) is 19.0 Å². The van der Waals surface area contributed by atoms with Crippen LogP contribution in [0.5, 0.6) is 5.75 Å². The normalized spacial score (nSPS) is 16.4. The highest BCUT2D eigenvalue weighted by atomic mass is 35.5. The SMILES string of the molecule is COc1cccc(NC(=O)[C@@H]2CCCN2C(=O)c2ccc(Cl)c(Cl)c2)c1. The fraction of sp³-hybridized carbons (Fsp3) is 0.263. The van der Waals surface area contributed by atoms with Crippen molar-refractivity contribution >= 4 is 40.7 Å². The molecule has 1 saturated heterocycles. The molecule has 1 atom stereocenters. The van der Waals surface area contributed by atoms with Crippen molar-refractivity contribution in [1.82, 2.24) is 4.90 Å². The van der Waals surface area contributed by atoms with Crippen LogP contribution in [0.15, 0.2) is 42.5 Å². The van der Waals surface area contributed by atoms with Crippen molar-refractivity contribution in [2.45, 2.75) is 18.9 Å². The molecule has 3 rings (SSSR count). The van der Waals surface area contributed by atoms with Gasteiger partial charge in [-0.2, -0.15) is 0 Å². The zero-order valence-corrected chi connectivity index (χ0v) is 15.7. The van der Waals surface area contributed by atoms with Gasteiger partial charge in [0.2, 0.25) is 5.91 Å². The van der Waals surface area contributed by atoms with E-state index in [0.29, 0.717) is 40.0 Å². The molecular formula is C19H18Cl2N2O3. The summed E-state index contributed by atoms with van der Waals surface area (Å²) in [5.74, 6) is 0.203. The minimum absolute atomic E-state index is 0.218. The summed E-state index contributed by atoms with van der Waals surface area (Å²) in [6.45, 7) is 0.523. The lowest BCUT2D eigenvalue weighted by molar-refractivity contribution is -0.119. The Bertz CT molecular complexity index is 841. The molecule has 0 saturated carbocycles. The van der Waals surface area contributed by atoms with Gasteiger partial charge in [-0.05, 0) is 43.2 Å². The largest absolute Gasteiger partial charge is 0.497 e. The molecule has 0 bridgehead atoms. The molecule has 1 aliphatic heterocycles. The number of halogens is 2. The van der Waals surface area contributed by atoms with E-state index in [0.717, 1.165) is 6.42 Å². The van der Waals surface area contributed by atoms with Gasteiger partial charge < -0.3 is 15.0 Å². The summed E-state index contributed by atoms with van der Waals surface area (Å²) in [6.07, 6.45) is 1.38. The second-order valence-corrected chi connectivity index (χ2v) is 6.82. The van der Waals surface area contributed by atoms with Crippen molar-refractivity contribution < 1.29 is 14.3 Å². The van der Waals surface area contributed by atoms with Crippen molar-refractivity contribution in [2.24, 2.45) is 0 Å². The average molecular weight is 393 g/mol. The molecule has 26 heavy (non-hydrogen) atoms. The summed E-state index contributed by atoms with van der Waals surface area (Å²) < 4.78 is 5.16. The molecule has 1 fully saturated rings. The molecule has 5 nitrogen and oxygen atoms in total. The van der Waals surface area contributed by atoms with E-state index in [1.54, 1.807) is 48.4 Å². The van der Waals surface area contributed by atoms with E-state index < -0.39 is 6.04 Å². The van der Waals surface area contributed by atoms with Crippen LogP contribution in [0.4, 0.5) is 5.69 Å². The summed E-state index contributed by atoms with van der Waals surface area (Å²) in [7, 11) is 1.57. The number of anilines is 1. The molecule has 0 unspecified atom stereocenters. The van der Waals surface area contributed by atoms with Gasteiger partial charge in [-0.3, -0.25) is 9.59 Å². The first-order valence-electron chi connectivity index (χ1n) is 8.20. The molecule has 1 N–H and O–H groups in total. The maximum atomic E-state index is 12.8. The number of amides is 2. The number of benzene rings is 2. The lowest BCUT2D eigenvalue weighted by Crippen LogP contribution is -2.43. The summed E-state index contributed by atoms with van der Waals surface area (Å²) in [5.41, 5.74) is 1.05. The van der Waals surface area contributed by atoms with Crippen LogP contribution in [-0.4, -0.2) is 36.4 Å². The number of hydrogen-bond donors (Lipinski definition) is 1. The third kappa shape index (κ3) is 3.94. The standard InChI is InChI=1S/C19H18Cl2N2O3/c1-26-14-5-2-4-13(11-14)22-18(24)17-6-3-9-23(17)19(25)12-7-8-15(20)16(21)10-12/h2,4-5,7-8,10-11,17H,3,6,9H2,1H3,(H,22,24)/t17-/m0/s1. The molecule has 1 aliphatic rings. The van der Waals surface area contributed by atoms with E-state index in [2.05, 4.69) is 5.32 Å². The van der Waals surface area contributed by atoms with Crippen molar-refractivity contribution in [1.29, 1.82) is 0 Å². The highest BCUT2D eigenvalue weighted by Gasteiger charge is 2.34. The van der Waals surface area contributed by atoms with Gasteiger partial charge in [0, 0.05) is 23.9 Å². The third-order valence-corrected chi connectivity index (χ3v) is 5.06. The number of rotatable bonds is 4. The Hall–Kier alpha value is -2.24. The number of ether oxygens (including phenoxy) is 1. The van der Waals surface area contributed by atoms with E-state index in [-0.39, 0.29) is 11.8 Å². The monoisotopic (exact) mass is 392 g/mol. The number of hydrogen-bond acceptors (Lipinski definition) is 3. The molecule has 0 aromatic heterocycles. The van der Waals surface area contributed by atoms with Gasteiger partial charge in [0.1, 0.15) is 11.8 Å². The van der Waals surface area contributed by atoms with Crippen LogP contribution in [0.2, 0.25) is 10.0 Å². The summed E-state index contributed by atoms with van der Waals surface area (Å²) in [5, 5.41) is 3.56. The highest BCUT2D eigenvalue weighted by Crippen LogP contribution is 2.26. The van der Waals surface area contributed by atoms with Gasteiger partial charge in [-0.15, -0.1) is 0 Å². The van der Waals surface area contributed by atoms with Crippen LogP contribution in [0.1, 0.15) is 23.2 Å². The smallest absolute Gasteiger partial charge is 0.254 e. The van der Waals surface area contributed by atoms with Crippen LogP contribution >= 0.6 is 23.2 Å². The highest BCUT2D eigenvalue weighted by molar-refractivity contribution is 6.42. The predicted octanol–water partition coefficient (Wildman–Crippen LogP) is 4.25. The number of carbonyl (C=O) groups is 2. The minimum atomic E-state index is -0.525. The first-order chi connectivity index (χ1) is 12.5. The Morgan fingerprint density at radius 1 is 1.15 bits per heavy atom. The Morgan fingerprint density at radius 3 is 2.69 bits per heavy atom. The van der Waals surface area contributed by atoms with Crippen LogP contribution < -0.4 is 10.1 Å². The zero-order valence-electron chi connectivity index (χ0n) is 14.2. The molecule has 0 spiro atoms. The number of likely N-dealkylation sites (tertiary alicyclic amines) is 1. The first-order valence-corrected chi connectivity index (χ1v) is 8.96. The maximum Gasteiger partial charge on any atom is 0.254 e. The van der Waals surface area contributed by atoms with Crippen LogP contribution in [0, 0.1) is 0 Å². The molecule has 0 aliphatic carbocycles. The number of carbonyl (C=O) groups excluding carboxylic acids is 2. The molecule has 2 amide bonds. The number of nitrogens with zero attached hydrogens (tertiary/aromatic N) is 1. The van der Waals surface area contributed by atoms with Crippen molar-refractivity contribution in [3.05, 3.63) is 58.1 Å². The van der Waals surface area contributed by atoms with Gasteiger partial charge >= 0.3 is 0 Å². The molecule has 1 heterocycles. The fourth-order valence-corrected chi connectivity index (χ4v) is 3.30. The fourth-order valence-electron chi connectivity index (χ4n) is 3.00. The summed E-state index contributed by atoms with van der Waals surface area (Å²) >= 11 is 11.9. The lowest BCUT2D eigenvalue weighted by atomic mass is 10.1. The quantitative estimate of drug-likeness (QED) is 0.845. The second-order valence-electron chi connectivity index (χ2n) is 6.01. The van der Waals surface area contributed by atoms with E-state index in [4.69, 9.17) is 27.9 Å². The van der Waals surface area contributed by atoms with Crippen molar-refractivity contribution in [3.63, 3.8) is 0 Å². The van der Waals surface area contributed by atoms with E-state index in [1.165, 1.54) is 6.07 Å². The minimum Gasteiger partial charge on any atom is -0.497 e. The van der Waals surface area contributed by atoms with Crippen LogP contribution in [0.3, 0.4) is 0 Å². The van der Waals surface area contributed by atoms with Gasteiger partial charge in [0.25, 0.3) is 5.91 Å².